The van der Waals surface area contributed by atoms with E-state index in [-0.39, 0.29) is 22.5 Å². The number of carbonyl (C=O) groups excluding carboxylic acids is 2. The minimum Gasteiger partial charge on any atom is -0.413 e. The predicted octanol–water partition coefficient (Wildman–Crippen LogP) is 5.14. The van der Waals surface area contributed by atoms with Gasteiger partial charge in [-0.05, 0) is 49.2 Å². The van der Waals surface area contributed by atoms with Gasteiger partial charge in [0.25, 0.3) is 0 Å². The molecule has 0 bridgehead atoms. The molecule has 2 aliphatic carbocycles. The summed E-state index contributed by atoms with van der Waals surface area (Å²) in [6, 6.07) is 0. The molecule has 0 aromatic heterocycles. The maximum atomic E-state index is 13.3. The van der Waals surface area contributed by atoms with Crippen LogP contribution in [0.2, 0.25) is 18.1 Å². The summed E-state index contributed by atoms with van der Waals surface area (Å²) in [6.07, 6.45) is 3.38. The summed E-state index contributed by atoms with van der Waals surface area (Å²) >= 11 is 0. The van der Waals surface area contributed by atoms with Crippen molar-refractivity contribution >= 4 is 19.9 Å². The molecule has 2 rings (SSSR count). The molecule has 0 N–H and O–H groups in total. The van der Waals surface area contributed by atoms with Gasteiger partial charge in [-0.25, -0.2) is 0 Å². The summed E-state index contributed by atoms with van der Waals surface area (Å²) in [5.74, 6) is 0.784. The Labute approximate surface area is 149 Å². The Hall–Kier alpha value is -0.483. The van der Waals surface area contributed by atoms with E-state index in [1.165, 1.54) is 0 Å². The molecule has 0 heterocycles. The van der Waals surface area contributed by atoms with Gasteiger partial charge in [0.2, 0.25) is 0 Å². The van der Waals surface area contributed by atoms with Crippen molar-refractivity contribution in [2.75, 3.05) is 0 Å². The minimum atomic E-state index is -1.94. The molecule has 2 fully saturated rings. The molecule has 0 spiro atoms. The molecule has 4 heteroatoms. The second kappa shape index (κ2) is 6.05. The van der Waals surface area contributed by atoms with Crippen LogP contribution in [0.3, 0.4) is 0 Å². The second-order valence-corrected chi connectivity index (χ2v) is 15.4. The Kier molecular flexibility index (Phi) is 5.00. The van der Waals surface area contributed by atoms with E-state index in [1.54, 1.807) is 0 Å². The predicted molar refractivity (Wildman–Crippen MR) is 101 cm³/mol. The highest BCUT2D eigenvalue weighted by Crippen LogP contribution is 2.53. The Morgan fingerprint density at radius 2 is 1.62 bits per heavy atom. The SMILES string of the molecule is CC1(C)CC(=O)C[C@@H]2CCC(O[Si](C)(C)C(C)(C)C)[C@]2(C)C(=O)C1. The van der Waals surface area contributed by atoms with Crippen molar-refractivity contribution in [3.63, 3.8) is 0 Å². The largest absolute Gasteiger partial charge is 0.413 e. The van der Waals surface area contributed by atoms with Gasteiger partial charge in [0, 0.05) is 19.3 Å². The maximum absolute atomic E-state index is 13.3. The van der Waals surface area contributed by atoms with Crippen LogP contribution in [0.1, 0.15) is 73.6 Å². The molecule has 2 saturated carbocycles. The van der Waals surface area contributed by atoms with E-state index in [0.717, 1.165) is 12.8 Å². The van der Waals surface area contributed by atoms with Gasteiger partial charge in [0.1, 0.15) is 11.6 Å². The molecule has 24 heavy (non-hydrogen) atoms. The number of carbonyl (C=O) groups is 2. The fraction of sp³-hybridized carbons (Fsp3) is 0.900. The van der Waals surface area contributed by atoms with Crippen LogP contribution in [0.4, 0.5) is 0 Å². The van der Waals surface area contributed by atoms with Gasteiger partial charge in [0.15, 0.2) is 8.32 Å². The Bertz CT molecular complexity index is 529. The number of hydrogen-bond donors (Lipinski definition) is 0. The molecule has 0 aliphatic heterocycles. The summed E-state index contributed by atoms with van der Waals surface area (Å²) in [7, 11) is -1.94. The van der Waals surface area contributed by atoms with Crippen molar-refractivity contribution in [2.24, 2.45) is 16.7 Å². The van der Waals surface area contributed by atoms with Gasteiger partial charge in [-0.2, -0.15) is 0 Å². The lowest BCUT2D eigenvalue weighted by atomic mass is 9.65. The van der Waals surface area contributed by atoms with Gasteiger partial charge < -0.3 is 4.43 Å². The zero-order valence-corrected chi connectivity index (χ0v) is 17.9. The molecule has 1 unspecified atom stereocenters. The molecule has 0 amide bonds. The second-order valence-electron chi connectivity index (χ2n) is 10.6. The highest BCUT2D eigenvalue weighted by atomic mass is 28.4. The normalized spacial score (nSPS) is 34.7. The maximum Gasteiger partial charge on any atom is 0.192 e. The summed E-state index contributed by atoms with van der Waals surface area (Å²) in [5.41, 5.74) is -0.727. The average molecular weight is 353 g/mol. The van der Waals surface area contributed by atoms with Crippen molar-refractivity contribution in [3.8, 4) is 0 Å². The van der Waals surface area contributed by atoms with Gasteiger partial charge >= 0.3 is 0 Å². The van der Waals surface area contributed by atoms with Gasteiger partial charge in [-0.3, -0.25) is 9.59 Å². The Morgan fingerprint density at radius 3 is 2.17 bits per heavy atom. The minimum absolute atomic E-state index is 0.0300. The molecule has 0 aromatic carbocycles. The topological polar surface area (TPSA) is 43.4 Å². The molecule has 3 atom stereocenters. The van der Waals surface area contributed by atoms with Crippen molar-refractivity contribution in [2.45, 2.75) is 97.9 Å². The number of rotatable bonds is 2. The van der Waals surface area contributed by atoms with E-state index in [2.05, 4.69) is 40.8 Å². The smallest absolute Gasteiger partial charge is 0.192 e. The molecule has 0 radical (unpaired) electrons. The Morgan fingerprint density at radius 1 is 1.04 bits per heavy atom. The number of ketones is 2. The van der Waals surface area contributed by atoms with Crippen LogP contribution in [-0.4, -0.2) is 26.0 Å². The standard InChI is InChI=1S/C20H36O3Si/c1-18(2,3)24(7,8)23-17-10-9-14-11-15(21)12-19(4,5)13-16(22)20(14,17)6/h14,17H,9-13H2,1-8H3/t14-,17?,20-/m0/s1. The molecular weight excluding hydrogens is 316 g/mol. The summed E-state index contributed by atoms with van der Waals surface area (Å²) in [6.45, 7) is 17.4. The van der Waals surface area contributed by atoms with Crippen LogP contribution < -0.4 is 0 Å². The van der Waals surface area contributed by atoms with Crippen molar-refractivity contribution in [3.05, 3.63) is 0 Å². The van der Waals surface area contributed by atoms with Gasteiger partial charge in [-0.15, -0.1) is 0 Å². The van der Waals surface area contributed by atoms with Crippen LogP contribution in [-0.2, 0) is 14.0 Å². The van der Waals surface area contributed by atoms with Crippen LogP contribution in [0.25, 0.3) is 0 Å². The molecule has 0 aromatic rings. The van der Waals surface area contributed by atoms with E-state index >= 15 is 0 Å². The van der Waals surface area contributed by atoms with Crippen molar-refractivity contribution in [1.82, 2.24) is 0 Å². The van der Waals surface area contributed by atoms with E-state index in [9.17, 15) is 9.59 Å². The summed E-state index contributed by atoms with van der Waals surface area (Å²) in [4.78, 5) is 25.7. The van der Waals surface area contributed by atoms with Crippen LogP contribution in [0.15, 0.2) is 0 Å². The first-order valence-corrected chi connectivity index (χ1v) is 12.3. The fourth-order valence-corrected chi connectivity index (χ4v) is 5.65. The summed E-state index contributed by atoms with van der Waals surface area (Å²) < 4.78 is 6.71. The average Bonchev–Trinajstić information content (AvgIpc) is 2.64. The highest BCUT2D eigenvalue weighted by molar-refractivity contribution is 6.74. The van der Waals surface area contributed by atoms with E-state index in [1.807, 2.05) is 13.8 Å². The number of hydrogen-bond acceptors (Lipinski definition) is 3. The first kappa shape index (κ1) is 19.8. The van der Waals surface area contributed by atoms with Gasteiger partial charge in [-0.1, -0.05) is 34.6 Å². The molecule has 3 nitrogen and oxygen atoms in total. The van der Waals surface area contributed by atoms with Crippen molar-refractivity contribution in [1.29, 1.82) is 0 Å². The van der Waals surface area contributed by atoms with Crippen LogP contribution in [0, 0.1) is 16.7 Å². The lowest BCUT2D eigenvalue weighted by Gasteiger charge is -2.45. The van der Waals surface area contributed by atoms with E-state index < -0.39 is 13.7 Å². The number of fused-ring (bicyclic) bond motifs is 1. The van der Waals surface area contributed by atoms with Crippen molar-refractivity contribution < 1.29 is 14.0 Å². The lowest BCUT2D eigenvalue weighted by molar-refractivity contribution is -0.141. The highest BCUT2D eigenvalue weighted by Gasteiger charge is 2.56. The van der Waals surface area contributed by atoms with E-state index in [0.29, 0.717) is 30.8 Å². The fourth-order valence-electron chi connectivity index (χ4n) is 4.22. The lowest BCUT2D eigenvalue weighted by Crippen LogP contribution is -2.52. The van der Waals surface area contributed by atoms with E-state index in [4.69, 9.17) is 4.43 Å². The molecule has 138 valence electrons. The van der Waals surface area contributed by atoms with Gasteiger partial charge in [0.05, 0.1) is 11.5 Å². The quantitative estimate of drug-likeness (QED) is 0.646. The van der Waals surface area contributed by atoms with Crippen LogP contribution >= 0.6 is 0 Å². The monoisotopic (exact) mass is 352 g/mol. The first-order chi connectivity index (χ1) is 10.7. The Balaban J connectivity index is 2.34. The molecule has 0 saturated heterocycles. The molecule has 2 aliphatic rings. The molecular formula is C20H36O3Si. The zero-order valence-electron chi connectivity index (χ0n) is 16.9. The third-order valence-corrected chi connectivity index (χ3v) is 11.4. The summed E-state index contributed by atoms with van der Waals surface area (Å²) in [5, 5.41) is 0.126. The zero-order chi connectivity index (χ0) is 18.6. The number of Topliss-reactive ketones (excluding diaryl/α,β-unsaturated/α-hetero) is 2. The third-order valence-electron chi connectivity index (χ3n) is 6.93. The third kappa shape index (κ3) is 3.55. The van der Waals surface area contributed by atoms with Crippen LogP contribution in [0.5, 0.6) is 0 Å². The first-order valence-electron chi connectivity index (χ1n) is 9.42.